The predicted octanol–water partition coefficient (Wildman–Crippen LogP) is 0.384. The SMILES string of the molecule is NC(=O)CSC1CCOCC1. The summed E-state index contributed by atoms with van der Waals surface area (Å²) in [5, 5.41) is 0.580. The van der Waals surface area contributed by atoms with Crippen LogP contribution >= 0.6 is 11.8 Å². The molecule has 0 aromatic rings. The Kier molecular flexibility index (Phi) is 3.72. The Morgan fingerprint density at radius 3 is 2.73 bits per heavy atom. The summed E-state index contributed by atoms with van der Waals surface area (Å²) < 4.78 is 5.18. The first-order chi connectivity index (χ1) is 5.29. The molecular formula is C7H13NO2S. The van der Waals surface area contributed by atoms with Gasteiger partial charge in [0.25, 0.3) is 0 Å². The molecule has 0 saturated carbocycles. The van der Waals surface area contributed by atoms with Crippen LogP contribution < -0.4 is 5.73 Å². The van der Waals surface area contributed by atoms with Crippen LogP contribution in [0.2, 0.25) is 0 Å². The zero-order chi connectivity index (χ0) is 8.10. The van der Waals surface area contributed by atoms with Crippen molar-refractivity contribution in [3.05, 3.63) is 0 Å². The lowest BCUT2D eigenvalue weighted by atomic mass is 10.2. The molecule has 1 aliphatic rings. The predicted molar refractivity (Wildman–Crippen MR) is 45.5 cm³/mol. The molecule has 0 aromatic heterocycles. The van der Waals surface area contributed by atoms with Gasteiger partial charge in [0.05, 0.1) is 5.75 Å². The molecule has 0 bridgehead atoms. The van der Waals surface area contributed by atoms with E-state index in [4.69, 9.17) is 10.5 Å². The number of hydrogen-bond donors (Lipinski definition) is 1. The number of carbonyl (C=O) groups is 1. The highest BCUT2D eigenvalue weighted by Crippen LogP contribution is 2.21. The maximum atomic E-state index is 10.4. The molecule has 4 heteroatoms. The van der Waals surface area contributed by atoms with Crippen molar-refractivity contribution in [1.82, 2.24) is 0 Å². The molecule has 1 aliphatic heterocycles. The van der Waals surface area contributed by atoms with Gasteiger partial charge in [0, 0.05) is 18.5 Å². The first-order valence-corrected chi connectivity index (χ1v) is 4.81. The molecule has 1 heterocycles. The van der Waals surface area contributed by atoms with Crippen LogP contribution in [0, 0.1) is 0 Å². The molecule has 1 amide bonds. The number of amides is 1. The van der Waals surface area contributed by atoms with Gasteiger partial charge in [-0.15, -0.1) is 11.8 Å². The number of ether oxygens (including phenoxy) is 1. The molecule has 1 rings (SSSR count). The Bertz CT molecular complexity index is 134. The molecule has 1 saturated heterocycles. The molecular weight excluding hydrogens is 162 g/mol. The maximum absolute atomic E-state index is 10.4. The number of nitrogens with two attached hydrogens (primary N) is 1. The normalized spacial score (nSPS) is 20.0. The average Bonchev–Trinajstić information content (AvgIpc) is 2.03. The Morgan fingerprint density at radius 2 is 2.18 bits per heavy atom. The van der Waals surface area contributed by atoms with Crippen LogP contribution in [0.1, 0.15) is 12.8 Å². The molecule has 0 atom stereocenters. The standard InChI is InChI=1S/C7H13NO2S/c8-7(9)5-11-6-1-3-10-4-2-6/h6H,1-5H2,(H2,8,9). The highest BCUT2D eigenvalue weighted by Gasteiger charge is 2.14. The average molecular weight is 175 g/mol. The smallest absolute Gasteiger partial charge is 0.227 e. The van der Waals surface area contributed by atoms with Crippen LogP contribution in [0.25, 0.3) is 0 Å². The molecule has 0 aliphatic carbocycles. The lowest BCUT2D eigenvalue weighted by molar-refractivity contribution is -0.115. The Labute approximate surface area is 70.7 Å². The van der Waals surface area contributed by atoms with E-state index in [-0.39, 0.29) is 5.91 Å². The van der Waals surface area contributed by atoms with Crippen LogP contribution in [-0.4, -0.2) is 30.1 Å². The summed E-state index contributed by atoms with van der Waals surface area (Å²) in [6.45, 7) is 1.66. The van der Waals surface area contributed by atoms with E-state index < -0.39 is 0 Å². The van der Waals surface area contributed by atoms with Gasteiger partial charge in [0.1, 0.15) is 0 Å². The van der Waals surface area contributed by atoms with Gasteiger partial charge in [-0.25, -0.2) is 0 Å². The highest BCUT2D eigenvalue weighted by molar-refractivity contribution is 8.00. The second-order valence-electron chi connectivity index (χ2n) is 2.59. The van der Waals surface area contributed by atoms with E-state index >= 15 is 0 Å². The zero-order valence-electron chi connectivity index (χ0n) is 6.41. The third kappa shape index (κ3) is 3.62. The highest BCUT2D eigenvalue weighted by atomic mass is 32.2. The fourth-order valence-corrected chi connectivity index (χ4v) is 1.97. The minimum atomic E-state index is -0.221. The maximum Gasteiger partial charge on any atom is 0.227 e. The van der Waals surface area contributed by atoms with Crippen molar-refractivity contribution in [2.24, 2.45) is 5.73 Å². The van der Waals surface area contributed by atoms with E-state index in [1.165, 1.54) is 0 Å². The van der Waals surface area contributed by atoms with Crippen molar-refractivity contribution in [2.75, 3.05) is 19.0 Å². The van der Waals surface area contributed by atoms with E-state index in [2.05, 4.69) is 0 Å². The summed E-state index contributed by atoms with van der Waals surface area (Å²) in [6, 6.07) is 0. The van der Waals surface area contributed by atoms with Crippen molar-refractivity contribution in [1.29, 1.82) is 0 Å². The van der Waals surface area contributed by atoms with Gasteiger partial charge in [-0.3, -0.25) is 4.79 Å². The summed E-state index contributed by atoms with van der Waals surface area (Å²) >= 11 is 1.65. The molecule has 3 nitrogen and oxygen atoms in total. The Balaban J connectivity index is 2.09. The minimum Gasteiger partial charge on any atom is -0.381 e. The summed E-state index contributed by atoms with van der Waals surface area (Å²) in [5.74, 6) is 0.228. The first kappa shape index (κ1) is 8.87. The molecule has 1 fully saturated rings. The minimum absolute atomic E-state index is 0.221. The van der Waals surface area contributed by atoms with Crippen molar-refractivity contribution < 1.29 is 9.53 Å². The number of hydrogen-bond acceptors (Lipinski definition) is 3. The van der Waals surface area contributed by atoms with E-state index in [0.717, 1.165) is 26.1 Å². The van der Waals surface area contributed by atoms with Gasteiger partial charge >= 0.3 is 0 Å². The molecule has 0 aromatic carbocycles. The van der Waals surface area contributed by atoms with Crippen molar-refractivity contribution >= 4 is 17.7 Å². The van der Waals surface area contributed by atoms with Crippen molar-refractivity contribution in [3.8, 4) is 0 Å². The van der Waals surface area contributed by atoms with E-state index in [9.17, 15) is 4.79 Å². The first-order valence-electron chi connectivity index (χ1n) is 3.76. The molecule has 0 radical (unpaired) electrons. The van der Waals surface area contributed by atoms with E-state index in [0.29, 0.717) is 11.0 Å². The van der Waals surface area contributed by atoms with Gasteiger partial charge < -0.3 is 10.5 Å². The zero-order valence-corrected chi connectivity index (χ0v) is 7.23. The molecule has 0 unspecified atom stereocenters. The molecule has 2 N–H and O–H groups in total. The van der Waals surface area contributed by atoms with Crippen LogP contribution in [0.5, 0.6) is 0 Å². The molecule has 11 heavy (non-hydrogen) atoms. The van der Waals surface area contributed by atoms with E-state index in [1.807, 2.05) is 0 Å². The molecule has 64 valence electrons. The van der Waals surface area contributed by atoms with Crippen LogP contribution in [0.4, 0.5) is 0 Å². The van der Waals surface area contributed by atoms with Gasteiger partial charge in [0.15, 0.2) is 0 Å². The van der Waals surface area contributed by atoms with Crippen molar-refractivity contribution in [3.63, 3.8) is 0 Å². The quantitative estimate of drug-likeness (QED) is 0.675. The lowest BCUT2D eigenvalue weighted by Gasteiger charge is -2.20. The van der Waals surface area contributed by atoms with Gasteiger partial charge in [-0.2, -0.15) is 0 Å². The second-order valence-corrected chi connectivity index (χ2v) is 3.88. The number of rotatable bonds is 3. The van der Waals surface area contributed by atoms with Crippen molar-refractivity contribution in [2.45, 2.75) is 18.1 Å². The third-order valence-corrected chi connectivity index (χ3v) is 3.02. The Hall–Kier alpha value is -0.220. The van der Waals surface area contributed by atoms with Crippen LogP contribution in [0.15, 0.2) is 0 Å². The van der Waals surface area contributed by atoms with Crippen LogP contribution in [-0.2, 0) is 9.53 Å². The number of carbonyl (C=O) groups excluding carboxylic acids is 1. The second kappa shape index (κ2) is 4.62. The monoisotopic (exact) mass is 175 g/mol. The summed E-state index contributed by atoms with van der Waals surface area (Å²) in [4.78, 5) is 10.4. The summed E-state index contributed by atoms with van der Waals surface area (Å²) in [6.07, 6.45) is 2.11. The van der Waals surface area contributed by atoms with Gasteiger partial charge in [-0.05, 0) is 12.8 Å². The fourth-order valence-electron chi connectivity index (χ4n) is 1.04. The largest absolute Gasteiger partial charge is 0.381 e. The fraction of sp³-hybridized carbons (Fsp3) is 0.857. The van der Waals surface area contributed by atoms with E-state index in [1.54, 1.807) is 11.8 Å². The number of primary amides is 1. The third-order valence-electron chi connectivity index (χ3n) is 1.63. The van der Waals surface area contributed by atoms with Crippen LogP contribution in [0.3, 0.4) is 0 Å². The summed E-state index contributed by atoms with van der Waals surface area (Å²) in [7, 11) is 0. The van der Waals surface area contributed by atoms with Gasteiger partial charge in [0.2, 0.25) is 5.91 Å². The number of thioether (sulfide) groups is 1. The topological polar surface area (TPSA) is 52.3 Å². The Morgan fingerprint density at radius 1 is 1.55 bits per heavy atom. The van der Waals surface area contributed by atoms with Gasteiger partial charge in [-0.1, -0.05) is 0 Å². The summed E-state index contributed by atoms with van der Waals surface area (Å²) in [5.41, 5.74) is 5.02. The lowest BCUT2D eigenvalue weighted by Crippen LogP contribution is -2.21. The molecule has 0 spiro atoms.